The van der Waals surface area contributed by atoms with E-state index in [1.165, 1.54) is 0 Å². The van der Waals surface area contributed by atoms with Crippen molar-refractivity contribution in [2.75, 3.05) is 5.32 Å². The summed E-state index contributed by atoms with van der Waals surface area (Å²) in [4.78, 5) is 21.2. The first kappa shape index (κ1) is 15.8. The summed E-state index contributed by atoms with van der Waals surface area (Å²) >= 11 is 0. The van der Waals surface area contributed by atoms with Crippen LogP contribution >= 0.6 is 0 Å². The van der Waals surface area contributed by atoms with E-state index in [1.807, 2.05) is 0 Å². The Hall–Kier alpha value is -2.26. The van der Waals surface area contributed by atoms with Crippen LogP contribution in [0, 0.1) is 0 Å². The Kier molecular flexibility index (Phi) is 3.97. The van der Waals surface area contributed by atoms with Crippen molar-refractivity contribution in [3.8, 4) is 0 Å². The summed E-state index contributed by atoms with van der Waals surface area (Å²) in [6.45, 7) is 0. The lowest BCUT2D eigenvalue weighted by atomic mass is 10.1. The van der Waals surface area contributed by atoms with Crippen LogP contribution in [0.25, 0.3) is 0 Å². The van der Waals surface area contributed by atoms with Crippen LogP contribution in [0.1, 0.15) is 15.9 Å². The van der Waals surface area contributed by atoms with E-state index in [2.05, 4.69) is 0 Å². The highest BCUT2D eigenvalue weighted by Gasteiger charge is 2.39. The summed E-state index contributed by atoms with van der Waals surface area (Å²) in [5.41, 5.74) is -3.31. The molecule has 0 saturated carbocycles. The molecule has 1 amide bonds. The summed E-state index contributed by atoms with van der Waals surface area (Å²) < 4.78 is 73.3. The zero-order valence-corrected chi connectivity index (χ0v) is 9.26. The molecule has 0 aliphatic carbocycles. The third-order valence-electron chi connectivity index (χ3n) is 2.02. The maximum absolute atomic E-state index is 12.5. The molecule has 0 aliphatic heterocycles. The van der Waals surface area contributed by atoms with Crippen molar-refractivity contribution in [1.82, 2.24) is 0 Å². The molecular formula is C10H5F6NO3. The molecule has 110 valence electrons. The number of nitrogens with one attached hydrogen (secondary N) is 1. The Labute approximate surface area is 107 Å². The number of hydrogen-bond donors (Lipinski definition) is 2. The summed E-state index contributed by atoms with van der Waals surface area (Å²) in [5.74, 6) is -4.29. The molecule has 0 atom stereocenters. The molecule has 0 saturated heterocycles. The van der Waals surface area contributed by atoms with E-state index in [0.717, 1.165) is 5.32 Å². The van der Waals surface area contributed by atoms with Crippen LogP contribution in [0.4, 0.5) is 32.0 Å². The molecular weight excluding hydrogens is 296 g/mol. The van der Waals surface area contributed by atoms with Crippen LogP contribution in [0.3, 0.4) is 0 Å². The second-order valence-electron chi connectivity index (χ2n) is 3.55. The van der Waals surface area contributed by atoms with Gasteiger partial charge in [-0.3, -0.25) is 4.79 Å². The monoisotopic (exact) mass is 301 g/mol. The SMILES string of the molecule is O=C(O)c1cc(NC(=O)C(F)(F)F)cc(C(F)(F)F)c1. The number of benzene rings is 1. The zero-order valence-electron chi connectivity index (χ0n) is 9.26. The van der Waals surface area contributed by atoms with E-state index in [1.54, 1.807) is 0 Å². The Morgan fingerprint density at radius 1 is 1.00 bits per heavy atom. The van der Waals surface area contributed by atoms with Gasteiger partial charge in [0.2, 0.25) is 0 Å². The lowest BCUT2D eigenvalue weighted by Crippen LogP contribution is -2.30. The van der Waals surface area contributed by atoms with E-state index >= 15 is 0 Å². The van der Waals surface area contributed by atoms with Crippen LogP contribution in [-0.4, -0.2) is 23.2 Å². The number of anilines is 1. The van der Waals surface area contributed by atoms with Gasteiger partial charge >= 0.3 is 24.2 Å². The average Bonchev–Trinajstić information content (AvgIpc) is 2.25. The van der Waals surface area contributed by atoms with Crippen molar-refractivity contribution in [3.05, 3.63) is 29.3 Å². The molecule has 10 heteroatoms. The van der Waals surface area contributed by atoms with Gasteiger partial charge in [-0.05, 0) is 18.2 Å². The van der Waals surface area contributed by atoms with Gasteiger partial charge in [0.1, 0.15) is 0 Å². The lowest BCUT2D eigenvalue weighted by Gasteiger charge is -2.12. The van der Waals surface area contributed by atoms with E-state index in [9.17, 15) is 35.9 Å². The van der Waals surface area contributed by atoms with Crippen molar-refractivity contribution in [1.29, 1.82) is 0 Å². The van der Waals surface area contributed by atoms with Gasteiger partial charge in [-0.25, -0.2) is 4.79 Å². The van der Waals surface area contributed by atoms with Gasteiger partial charge in [0.15, 0.2) is 0 Å². The van der Waals surface area contributed by atoms with Gasteiger partial charge < -0.3 is 10.4 Å². The van der Waals surface area contributed by atoms with Crippen molar-refractivity contribution in [2.24, 2.45) is 0 Å². The first-order valence-corrected chi connectivity index (χ1v) is 4.75. The summed E-state index contributed by atoms with van der Waals surface area (Å²) in [7, 11) is 0. The van der Waals surface area contributed by atoms with E-state index in [4.69, 9.17) is 5.11 Å². The first-order chi connectivity index (χ1) is 8.91. The van der Waals surface area contributed by atoms with Gasteiger partial charge in [-0.1, -0.05) is 0 Å². The highest BCUT2D eigenvalue weighted by Crippen LogP contribution is 2.32. The third kappa shape index (κ3) is 3.87. The number of carbonyl (C=O) groups excluding carboxylic acids is 1. The molecule has 0 aliphatic rings. The van der Waals surface area contributed by atoms with Gasteiger partial charge in [0.25, 0.3) is 0 Å². The molecule has 0 fully saturated rings. The van der Waals surface area contributed by atoms with Gasteiger partial charge in [-0.15, -0.1) is 0 Å². The molecule has 0 bridgehead atoms. The Morgan fingerprint density at radius 3 is 1.95 bits per heavy atom. The lowest BCUT2D eigenvalue weighted by molar-refractivity contribution is -0.167. The van der Waals surface area contributed by atoms with Crippen molar-refractivity contribution in [2.45, 2.75) is 12.4 Å². The second-order valence-corrected chi connectivity index (χ2v) is 3.55. The molecule has 20 heavy (non-hydrogen) atoms. The molecule has 0 spiro atoms. The molecule has 0 radical (unpaired) electrons. The average molecular weight is 301 g/mol. The zero-order chi connectivity index (χ0) is 15.7. The number of carboxylic acids is 1. The van der Waals surface area contributed by atoms with Gasteiger partial charge in [-0.2, -0.15) is 26.3 Å². The maximum atomic E-state index is 12.5. The number of hydrogen-bond acceptors (Lipinski definition) is 2. The maximum Gasteiger partial charge on any atom is 0.471 e. The number of rotatable bonds is 2. The van der Waals surface area contributed by atoms with Crippen molar-refractivity contribution < 1.29 is 41.0 Å². The fourth-order valence-electron chi connectivity index (χ4n) is 1.19. The van der Waals surface area contributed by atoms with Crippen LogP contribution in [0.5, 0.6) is 0 Å². The third-order valence-corrected chi connectivity index (χ3v) is 2.02. The molecule has 1 aromatic rings. The van der Waals surface area contributed by atoms with E-state index in [0.29, 0.717) is 6.07 Å². The minimum absolute atomic E-state index is 0.204. The van der Waals surface area contributed by atoms with E-state index in [-0.39, 0.29) is 12.1 Å². The van der Waals surface area contributed by atoms with Crippen LogP contribution in [0.2, 0.25) is 0 Å². The minimum Gasteiger partial charge on any atom is -0.478 e. The number of carboxylic acid groups (broad SMARTS) is 1. The second kappa shape index (κ2) is 5.02. The Balaban J connectivity index is 3.23. The normalized spacial score (nSPS) is 12.1. The summed E-state index contributed by atoms with van der Waals surface area (Å²) in [5, 5.41) is 9.75. The molecule has 0 unspecified atom stereocenters. The van der Waals surface area contributed by atoms with Crippen LogP contribution in [-0.2, 0) is 11.0 Å². The molecule has 1 aromatic carbocycles. The fourth-order valence-corrected chi connectivity index (χ4v) is 1.19. The molecule has 0 aromatic heterocycles. The highest BCUT2D eigenvalue weighted by atomic mass is 19.4. The largest absolute Gasteiger partial charge is 0.478 e. The van der Waals surface area contributed by atoms with E-state index < -0.39 is 41.0 Å². The number of carbonyl (C=O) groups is 2. The topological polar surface area (TPSA) is 66.4 Å². The molecule has 4 nitrogen and oxygen atoms in total. The summed E-state index contributed by atoms with van der Waals surface area (Å²) in [6.07, 6.45) is -10.3. The van der Waals surface area contributed by atoms with Crippen LogP contribution < -0.4 is 5.32 Å². The Morgan fingerprint density at radius 2 is 1.55 bits per heavy atom. The van der Waals surface area contributed by atoms with Gasteiger partial charge in [0, 0.05) is 5.69 Å². The quantitative estimate of drug-likeness (QED) is 0.825. The van der Waals surface area contributed by atoms with Crippen molar-refractivity contribution in [3.63, 3.8) is 0 Å². The number of halogens is 6. The van der Waals surface area contributed by atoms with Gasteiger partial charge in [0.05, 0.1) is 11.1 Å². The molecule has 0 heterocycles. The summed E-state index contributed by atoms with van der Waals surface area (Å²) in [6, 6.07) is 0.933. The fraction of sp³-hybridized carbons (Fsp3) is 0.200. The minimum atomic E-state index is -5.31. The smallest absolute Gasteiger partial charge is 0.471 e. The predicted molar refractivity (Wildman–Crippen MR) is 53.1 cm³/mol. The van der Waals surface area contributed by atoms with Crippen molar-refractivity contribution >= 4 is 17.6 Å². The number of amides is 1. The predicted octanol–water partition coefficient (Wildman–Crippen LogP) is 2.90. The standard InChI is InChI=1S/C10H5F6NO3/c11-9(12,13)5-1-4(7(18)19)2-6(3-5)17-8(20)10(14,15)16/h1-3H,(H,17,20)(H,18,19). The van der Waals surface area contributed by atoms with Crippen LogP contribution in [0.15, 0.2) is 18.2 Å². The molecule has 2 N–H and O–H groups in total. The number of alkyl halides is 6. The highest BCUT2D eigenvalue weighted by molar-refractivity contribution is 5.96. The molecule has 1 rings (SSSR count). The first-order valence-electron chi connectivity index (χ1n) is 4.75. The Bertz CT molecular complexity index is 549. The number of aromatic carboxylic acids is 1.